The summed E-state index contributed by atoms with van der Waals surface area (Å²) in [5.74, 6) is 0.335. The third kappa shape index (κ3) is 2.94. The van der Waals surface area contributed by atoms with Crippen molar-refractivity contribution in [1.29, 1.82) is 5.26 Å². The highest BCUT2D eigenvalue weighted by molar-refractivity contribution is 8.01. The summed E-state index contributed by atoms with van der Waals surface area (Å²) >= 11 is 7.25. The second kappa shape index (κ2) is 4.72. The summed E-state index contributed by atoms with van der Waals surface area (Å²) in [7, 11) is 0. The standard InChI is InChI=1S/C11H12ClNS/c1-9-3-5-10(6-4-9)14-11(2,7-12)8-13/h3-6H,7H2,1-2H3. The van der Waals surface area contributed by atoms with E-state index in [1.165, 1.54) is 17.3 Å². The Kier molecular flexibility index (Phi) is 3.86. The quantitative estimate of drug-likeness (QED) is 0.580. The summed E-state index contributed by atoms with van der Waals surface area (Å²) in [6.45, 7) is 3.89. The van der Waals surface area contributed by atoms with Gasteiger partial charge in [-0.3, -0.25) is 0 Å². The van der Waals surface area contributed by atoms with Gasteiger partial charge >= 0.3 is 0 Å². The highest BCUT2D eigenvalue weighted by Crippen LogP contribution is 2.33. The molecule has 0 spiro atoms. The molecule has 0 saturated heterocycles. The second-order valence-electron chi connectivity index (χ2n) is 3.39. The fourth-order valence-electron chi connectivity index (χ4n) is 0.946. The van der Waals surface area contributed by atoms with Crippen molar-refractivity contribution in [2.24, 2.45) is 0 Å². The minimum Gasteiger partial charge on any atom is -0.197 e. The van der Waals surface area contributed by atoms with Gasteiger partial charge in [0.2, 0.25) is 0 Å². The molecule has 0 amide bonds. The van der Waals surface area contributed by atoms with E-state index in [4.69, 9.17) is 16.9 Å². The lowest BCUT2D eigenvalue weighted by Crippen LogP contribution is -2.18. The Bertz CT molecular complexity index is 341. The van der Waals surface area contributed by atoms with Crippen LogP contribution >= 0.6 is 23.4 Å². The van der Waals surface area contributed by atoms with Gasteiger partial charge in [0.25, 0.3) is 0 Å². The number of alkyl halides is 1. The summed E-state index contributed by atoms with van der Waals surface area (Å²) in [5.41, 5.74) is 1.22. The van der Waals surface area contributed by atoms with Gasteiger partial charge in [0, 0.05) is 4.90 Å². The highest BCUT2D eigenvalue weighted by Gasteiger charge is 2.23. The number of halogens is 1. The van der Waals surface area contributed by atoms with Crippen LogP contribution in [0.4, 0.5) is 0 Å². The molecule has 1 aromatic carbocycles. The summed E-state index contributed by atoms with van der Waals surface area (Å²) < 4.78 is -0.531. The Morgan fingerprint density at radius 3 is 2.43 bits per heavy atom. The molecule has 1 nitrogen and oxygen atoms in total. The van der Waals surface area contributed by atoms with Crippen LogP contribution in [-0.4, -0.2) is 10.6 Å². The van der Waals surface area contributed by atoms with E-state index in [0.29, 0.717) is 5.88 Å². The molecule has 0 radical (unpaired) electrons. The van der Waals surface area contributed by atoms with Gasteiger partial charge in [0.15, 0.2) is 0 Å². The Morgan fingerprint density at radius 1 is 1.43 bits per heavy atom. The Morgan fingerprint density at radius 2 is 2.00 bits per heavy atom. The summed E-state index contributed by atoms with van der Waals surface area (Å²) in [5, 5.41) is 8.95. The molecule has 0 heterocycles. The van der Waals surface area contributed by atoms with Crippen molar-refractivity contribution in [3.63, 3.8) is 0 Å². The average Bonchev–Trinajstić information content (AvgIpc) is 2.21. The number of nitrogens with zero attached hydrogens (tertiary/aromatic N) is 1. The zero-order valence-electron chi connectivity index (χ0n) is 8.25. The zero-order chi connectivity index (χ0) is 10.6. The topological polar surface area (TPSA) is 23.8 Å². The number of hydrogen-bond acceptors (Lipinski definition) is 2. The fourth-order valence-corrected chi connectivity index (χ4v) is 2.06. The Labute approximate surface area is 94.1 Å². The van der Waals surface area contributed by atoms with Gasteiger partial charge in [-0.05, 0) is 26.0 Å². The molecule has 3 heteroatoms. The third-order valence-electron chi connectivity index (χ3n) is 1.86. The van der Waals surface area contributed by atoms with Crippen LogP contribution in [0.1, 0.15) is 12.5 Å². The van der Waals surface area contributed by atoms with Crippen LogP contribution in [0.15, 0.2) is 29.2 Å². The number of aryl methyl sites for hydroxylation is 1. The van der Waals surface area contributed by atoms with E-state index in [1.54, 1.807) is 0 Å². The maximum absolute atomic E-state index is 8.95. The largest absolute Gasteiger partial charge is 0.197 e. The maximum Gasteiger partial charge on any atom is 0.118 e. The summed E-state index contributed by atoms with van der Waals surface area (Å²) in [6.07, 6.45) is 0. The molecule has 14 heavy (non-hydrogen) atoms. The number of nitriles is 1. The molecule has 1 atom stereocenters. The van der Waals surface area contributed by atoms with Crippen LogP contribution < -0.4 is 0 Å². The molecule has 0 aliphatic carbocycles. The lowest BCUT2D eigenvalue weighted by atomic mass is 10.2. The number of benzene rings is 1. The van der Waals surface area contributed by atoms with E-state index in [9.17, 15) is 0 Å². The van der Waals surface area contributed by atoms with Crippen molar-refractivity contribution >= 4 is 23.4 Å². The first-order valence-electron chi connectivity index (χ1n) is 4.32. The minimum absolute atomic E-state index is 0.335. The van der Waals surface area contributed by atoms with Gasteiger partial charge in [-0.15, -0.1) is 23.4 Å². The van der Waals surface area contributed by atoms with Crippen molar-refractivity contribution in [3.8, 4) is 6.07 Å². The second-order valence-corrected chi connectivity index (χ2v) is 5.24. The first kappa shape index (κ1) is 11.4. The van der Waals surface area contributed by atoms with Crippen LogP contribution in [0.5, 0.6) is 0 Å². The Balaban J connectivity index is 2.79. The van der Waals surface area contributed by atoms with Gasteiger partial charge in [-0.1, -0.05) is 17.7 Å². The van der Waals surface area contributed by atoms with E-state index in [0.717, 1.165) is 4.90 Å². The van der Waals surface area contributed by atoms with Gasteiger partial charge in [-0.25, -0.2) is 0 Å². The van der Waals surface area contributed by atoms with Crippen LogP contribution in [0.3, 0.4) is 0 Å². The van der Waals surface area contributed by atoms with E-state index in [1.807, 2.05) is 38.1 Å². The molecule has 0 aromatic heterocycles. The fraction of sp³-hybridized carbons (Fsp3) is 0.364. The third-order valence-corrected chi connectivity index (χ3v) is 3.74. The van der Waals surface area contributed by atoms with Gasteiger partial charge < -0.3 is 0 Å². The highest BCUT2D eigenvalue weighted by atomic mass is 35.5. The number of rotatable bonds is 3. The predicted octanol–water partition coefficient (Wildman–Crippen LogP) is 3.61. The first-order chi connectivity index (χ1) is 6.59. The maximum atomic E-state index is 8.95. The zero-order valence-corrected chi connectivity index (χ0v) is 9.82. The van der Waals surface area contributed by atoms with Crippen molar-refractivity contribution < 1.29 is 0 Å². The number of hydrogen-bond donors (Lipinski definition) is 0. The molecule has 0 aliphatic heterocycles. The molecular formula is C11H12ClNS. The summed E-state index contributed by atoms with van der Waals surface area (Å²) in [4.78, 5) is 1.08. The normalized spacial score (nSPS) is 14.4. The SMILES string of the molecule is Cc1ccc(SC(C)(C#N)CCl)cc1. The minimum atomic E-state index is -0.531. The molecule has 0 fully saturated rings. The smallest absolute Gasteiger partial charge is 0.118 e. The lowest BCUT2D eigenvalue weighted by molar-refractivity contribution is 0.921. The molecule has 0 N–H and O–H groups in total. The van der Waals surface area contributed by atoms with Crippen molar-refractivity contribution in [1.82, 2.24) is 0 Å². The molecule has 74 valence electrons. The first-order valence-corrected chi connectivity index (χ1v) is 5.68. The van der Waals surface area contributed by atoms with Crippen LogP contribution in [0.25, 0.3) is 0 Å². The van der Waals surface area contributed by atoms with Crippen LogP contribution in [0, 0.1) is 18.3 Å². The van der Waals surface area contributed by atoms with Crippen LogP contribution in [-0.2, 0) is 0 Å². The molecule has 1 aromatic rings. The number of thioether (sulfide) groups is 1. The van der Waals surface area contributed by atoms with Crippen molar-refractivity contribution in [2.75, 3.05) is 5.88 Å². The molecular weight excluding hydrogens is 214 g/mol. The van der Waals surface area contributed by atoms with Gasteiger partial charge in [0.1, 0.15) is 4.75 Å². The van der Waals surface area contributed by atoms with E-state index < -0.39 is 4.75 Å². The van der Waals surface area contributed by atoms with Crippen LogP contribution in [0.2, 0.25) is 0 Å². The molecule has 1 rings (SSSR count). The van der Waals surface area contributed by atoms with E-state index in [2.05, 4.69) is 6.07 Å². The van der Waals surface area contributed by atoms with Crippen molar-refractivity contribution in [3.05, 3.63) is 29.8 Å². The monoisotopic (exact) mass is 225 g/mol. The lowest BCUT2D eigenvalue weighted by Gasteiger charge is -2.17. The average molecular weight is 226 g/mol. The van der Waals surface area contributed by atoms with Gasteiger partial charge in [-0.2, -0.15) is 5.26 Å². The van der Waals surface area contributed by atoms with Crippen molar-refractivity contribution in [2.45, 2.75) is 23.5 Å². The Hall–Kier alpha value is -0.650. The molecule has 0 aliphatic rings. The van der Waals surface area contributed by atoms with Gasteiger partial charge in [0.05, 0.1) is 11.9 Å². The molecule has 0 saturated carbocycles. The molecule has 0 bridgehead atoms. The predicted molar refractivity (Wildman–Crippen MR) is 61.8 cm³/mol. The molecule has 1 unspecified atom stereocenters. The van der Waals surface area contributed by atoms with E-state index >= 15 is 0 Å². The summed E-state index contributed by atoms with van der Waals surface area (Å²) in [6, 6.07) is 10.3. The van der Waals surface area contributed by atoms with E-state index in [-0.39, 0.29) is 0 Å².